The van der Waals surface area contributed by atoms with Crippen molar-refractivity contribution in [3.63, 3.8) is 0 Å². The van der Waals surface area contributed by atoms with Gasteiger partial charge in [0.15, 0.2) is 12.4 Å². The first kappa shape index (κ1) is 15.7. The summed E-state index contributed by atoms with van der Waals surface area (Å²) >= 11 is 0. The van der Waals surface area contributed by atoms with E-state index in [0.29, 0.717) is 17.3 Å². The highest BCUT2D eigenvalue weighted by Crippen LogP contribution is 2.09. The predicted octanol–water partition coefficient (Wildman–Crippen LogP) is 1.44. The molecule has 2 N–H and O–H groups in total. The van der Waals surface area contributed by atoms with Gasteiger partial charge in [0.05, 0.1) is 5.56 Å². The topological polar surface area (TPSA) is 94.2 Å². The molecule has 0 saturated heterocycles. The minimum atomic E-state index is -0.423. The number of nitrogens with zero attached hydrogens (tertiary/aromatic N) is 4. The second-order valence-corrected chi connectivity index (χ2v) is 4.93. The first-order chi connectivity index (χ1) is 10.5. The zero-order valence-electron chi connectivity index (χ0n) is 12.9. The van der Waals surface area contributed by atoms with E-state index in [1.54, 1.807) is 31.1 Å². The Bertz CT molecular complexity index is 655. The van der Waals surface area contributed by atoms with Gasteiger partial charge in [-0.15, -0.1) is 0 Å². The number of ether oxygens (including phenoxy) is 1. The van der Waals surface area contributed by atoms with E-state index >= 15 is 0 Å². The molecule has 0 atom stereocenters. The quantitative estimate of drug-likeness (QED) is 0.835. The van der Waals surface area contributed by atoms with E-state index < -0.39 is 5.97 Å². The zero-order valence-corrected chi connectivity index (χ0v) is 12.9. The molecule has 116 valence electrons. The van der Waals surface area contributed by atoms with Gasteiger partial charge in [-0.05, 0) is 24.1 Å². The number of hydrogen-bond donors (Lipinski definition) is 1. The third-order valence-electron chi connectivity index (χ3n) is 3.02. The zero-order chi connectivity index (χ0) is 16.1. The Kier molecular flexibility index (Phi) is 4.88. The summed E-state index contributed by atoms with van der Waals surface area (Å²) in [6.07, 6.45) is 0.923. The van der Waals surface area contributed by atoms with Crippen molar-refractivity contribution in [3.8, 4) is 0 Å². The van der Waals surface area contributed by atoms with Crippen LogP contribution in [0, 0.1) is 0 Å². The molecule has 7 heteroatoms. The normalized spacial score (nSPS) is 10.3. The van der Waals surface area contributed by atoms with Crippen molar-refractivity contribution in [1.29, 1.82) is 0 Å². The van der Waals surface area contributed by atoms with Crippen molar-refractivity contribution >= 4 is 17.9 Å². The molecule has 0 aliphatic carbocycles. The number of aromatic nitrogens is 3. The van der Waals surface area contributed by atoms with Crippen molar-refractivity contribution in [2.24, 2.45) is 0 Å². The van der Waals surface area contributed by atoms with Gasteiger partial charge in [0, 0.05) is 14.1 Å². The van der Waals surface area contributed by atoms with Gasteiger partial charge in [-0.1, -0.05) is 19.1 Å². The highest BCUT2D eigenvalue weighted by Gasteiger charge is 2.11. The Morgan fingerprint density at radius 3 is 2.45 bits per heavy atom. The molecule has 1 aromatic heterocycles. The number of aryl methyl sites for hydroxylation is 1. The molecule has 0 amide bonds. The van der Waals surface area contributed by atoms with E-state index in [4.69, 9.17) is 10.5 Å². The van der Waals surface area contributed by atoms with Crippen LogP contribution in [-0.2, 0) is 17.8 Å². The maximum atomic E-state index is 12.0. The lowest BCUT2D eigenvalue weighted by atomic mass is 10.1. The van der Waals surface area contributed by atoms with Gasteiger partial charge in [-0.2, -0.15) is 15.0 Å². The van der Waals surface area contributed by atoms with E-state index in [1.807, 2.05) is 12.1 Å². The van der Waals surface area contributed by atoms with Crippen molar-refractivity contribution < 1.29 is 9.53 Å². The number of rotatable bonds is 5. The summed E-state index contributed by atoms with van der Waals surface area (Å²) < 4.78 is 5.21. The fourth-order valence-electron chi connectivity index (χ4n) is 1.78. The third kappa shape index (κ3) is 3.91. The summed E-state index contributed by atoms with van der Waals surface area (Å²) in [4.78, 5) is 25.8. The maximum Gasteiger partial charge on any atom is 0.338 e. The second kappa shape index (κ2) is 6.84. The number of carbonyl (C=O) groups is 1. The predicted molar refractivity (Wildman–Crippen MR) is 83.5 cm³/mol. The molecule has 0 unspecified atom stereocenters. The highest BCUT2D eigenvalue weighted by molar-refractivity contribution is 5.89. The molecule has 0 bridgehead atoms. The van der Waals surface area contributed by atoms with Crippen LogP contribution in [0.15, 0.2) is 24.3 Å². The molecular formula is C15H19N5O2. The molecule has 0 aliphatic rings. The molecule has 1 heterocycles. The van der Waals surface area contributed by atoms with E-state index in [0.717, 1.165) is 12.0 Å². The lowest BCUT2D eigenvalue weighted by Crippen LogP contribution is -2.17. The standard InChI is InChI=1S/C15H19N5O2/c1-4-10-5-7-11(8-6-10)13(21)22-9-12-17-14(16)19-15(18-12)20(2)3/h5-8H,4,9H2,1-3H3,(H2,16,17,18,19). The minimum absolute atomic E-state index is 0.0536. The van der Waals surface area contributed by atoms with Crippen LogP contribution in [0.5, 0.6) is 0 Å². The molecule has 7 nitrogen and oxygen atoms in total. The van der Waals surface area contributed by atoms with Gasteiger partial charge in [0.2, 0.25) is 11.9 Å². The molecule has 1 aromatic carbocycles. The van der Waals surface area contributed by atoms with Crippen LogP contribution in [0.4, 0.5) is 11.9 Å². The fourth-order valence-corrected chi connectivity index (χ4v) is 1.78. The monoisotopic (exact) mass is 301 g/mol. The Balaban J connectivity index is 2.04. The van der Waals surface area contributed by atoms with Gasteiger partial charge < -0.3 is 15.4 Å². The maximum absolute atomic E-state index is 12.0. The Labute approximate surface area is 129 Å². The summed E-state index contributed by atoms with van der Waals surface area (Å²) in [5.41, 5.74) is 7.27. The molecule has 0 fully saturated rings. The molecule has 2 rings (SSSR count). The van der Waals surface area contributed by atoms with Crippen LogP contribution in [0.25, 0.3) is 0 Å². The molecule has 0 aliphatic heterocycles. The fraction of sp³-hybridized carbons (Fsp3) is 0.333. The van der Waals surface area contributed by atoms with E-state index in [-0.39, 0.29) is 12.6 Å². The number of esters is 1. The summed E-state index contributed by atoms with van der Waals surface area (Å²) in [5.74, 6) is 0.408. The highest BCUT2D eigenvalue weighted by atomic mass is 16.5. The molecule has 22 heavy (non-hydrogen) atoms. The van der Waals surface area contributed by atoms with Crippen LogP contribution >= 0.6 is 0 Å². The molecule has 0 saturated carbocycles. The van der Waals surface area contributed by atoms with E-state index in [9.17, 15) is 4.79 Å². The Morgan fingerprint density at radius 2 is 1.86 bits per heavy atom. The second-order valence-electron chi connectivity index (χ2n) is 4.93. The average molecular weight is 301 g/mol. The Hall–Kier alpha value is -2.70. The van der Waals surface area contributed by atoms with Crippen molar-refractivity contribution in [3.05, 3.63) is 41.2 Å². The summed E-state index contributed by atoms with van der Waals surface area (Å²) in [5, 5.41) is 0. The Morgan fingerprint density at radius 1 is 1.18 bits per heavy atom. The minimum Gasteiger partial charge on any atom is -0.454 e. The van der Waals surface area contributed by atoms with Crippen LogP contribution in [0.1, 0.15) is 28.7 Å². The van der Waals surface area contributed by atoms with Gasteiger partial charge in [-0.3, -0.25) is 0 Å². The van der Waals surface area contributed by atoms with Crippen LogP contribution in [0.3, 0.4) is 0 Å². The van der Waals surface area contributed by atoms with E-state index in [1.165, 1.54) is 0 Å². The van der Waals surface area contributed by atoms with Gasteiger partial charge in [0.25, 0.3) is 0 Å². The molecule has 2 aromatic rings. The number of benzene rings is 1. The summed E-state index contributed by atoms with van der Waals surface area (Å²) in [7, 11) is 3.58. The number of hydrogen-bond acceptors (Lipinski definition) is 7. The van der Waals surface area contributed by atoms with Gasteiger partial charge in [0.1, 0.15) is 0 Å². The summed E-state index contributed by atoms with van der Waals surface area (Å²) in [6, 6.07) is 7.30. The first-order valence-corrected chi connectivity index (χ1v) is 6.93. The van der Waals surface area contributed by atoms with Crippen LogP contribution in [-0.4, -0.2) is 35.0 Å². The molecule has 0 spiro atoms. The van der Waals surface area contributed by atoms with Crippen molar-refractivity contribution in [2.75, 3.05) is 24.7 Å². The lowest BCUT2D eigenvalue weighted by Gasteiger charge is -2.11. The van der Waals surface area contributed by atoms with Gasteiger partial charge >= 0.3 is 5.97 Å². The first-order valence-electron chi connectivity index (χ1n) is 6.93. The smallest absolute Gasteiger partial charge is 0.338 e. The SMILES string of the molecule is CCc1ccc(C(=O)OCc2nc(N)nc(N(C)C)n2)cc1. The van der Waals surface area contributed by atoms with Crippen LogP contribution < -0.4 is 10.6 Å². The number of carbonyl (C=O) groups excluding carboxylic acids is 1. The molecule has 0 radical (unpaired) electrons. The third-order valence-corrected chi connectivity index (χ3v) is 3.02. The van der Waals surface area contributed by atoms with Crippen LogP contribution in [0.2, 0.25) is 0 Å². The number of nitrogen functional groups attached to an aromatic ring is 1. The largest absolute Gasteiger partial charge is 0.454 e. The number of nitrogens with two attached hydrogens (primary N) is 1. The number of anilines is 2. The van der Waals surface area contributed by atoms with Gasteiger partial charge in [-0.25, -0.2) is 4.79 Å². The van der Waals surface area contributed by atoms with Crippen molar-refractivity contribution in [2.45, 2.75) is 20.0 Å². The molecular weight excluding hydrogens is 282 g/mol. The van der Waals surface area contributed by atoms with E-state index in [2.05, 4.69) is 21.9 Å². The average Bonchev–Trinajstić information content (AvgIpc) is 2.52. The summed E-state index contributed by atoms with van der Waals surface area (Å²) in [6.45, 7) is 2.00. The lowest BCUT2D eigenvalue weighted by molar-refractivity contribution is 0.0462. The van der Waals surface area contributed by atoms with Crippen molar-refractivity contribution in [1.82, 2.24) is 15.0 Å².